The molecule has 7 nitrogen and oxygen atoms in total. The van der Waals surface area contributed by atoms with Gasteiger partial charge in [0.1, 0.15) is 11.4 Å². The first-order chi connectivity index (χ1) is 16.6. The molecule has 1 aliphatic rings. The second-order valence-corrected chi connectivity index (χ2v) is 9.60. The number of nitrogens with zero attached hydrogens (tertiary/aromatic N) is 3. The maximum Gasteiger partial charge on any atom is 0.416 e. The Hall–Kier alpha value is -3.21. The zero-order valence-electron chi connectivity index (χ0n) is 19.3. The molecule has 0 bridgehead atoms. The largest absolute Gasteiger partial charge is 0.416 e. The SMILES string of the molecule is CCC1CCCCN1C(=O)c1sc2ncn(CC(=O)Nc3cccc(C(F)(F)F)c3)c(=O)c2c1C. The maximum absolute atomic E-state index is 13.3. The summed E-state index contributed by atoms with van der Waals surface area (Å²) in [5.74, 6) is -0.777. The first-order valence-electron chi connectivity index (χ1n) is 11.4. The van der Waals surface area contributed by atoms with E-state index >= 15 is 0 Å². The van der Waals surface area contributed by atoms with Crippen LogP contribution in [0.2, 0.25) is 0 Å². The summed E-state index contributed by atoms with van der Waals surface area (Å²) >= 11 is 1.16. The maximum atomic E-state index is 13.3. The lowest BCUT2D eigenvalue weighted by Gasteiger charge is -2.35. The van der Waals surface area contributed by atoms with Crippen LogP contribution in [0.4, 0.5) is 18.9 Å². The van der Waals surface area contributed by atoms with E-state index in [0.717, 1.165) is 53.7 Å². The van der Waals surface area contributed by atoms with Crippen LogP contribution in [0.5, 0.6) is 0 Å². The zero-order chi connectivity index (χ0) is 25.3. The van der Waals surface area contributed by atoms with E-state index in [4.69, 9.17) is 0 Å². The number of hydrogen-bond donors (Lipinski definition) is 1. The van der Waals surface area contributed by atoms with Crippen molar-refractivity contribution in [3.63, 3.8) is 0 Å². The van der Waals surface area contributed by atoms with E-state index in [-0.39, 0.29) is 23.0 Å². The van der Waals surface area contributed by atoms with Crippen LogP contribution in [-0.2, 0) is 17.5 Å². The van der Waals surface area contributed by atoms with Gasteiger partial charge in [-0.2, -0.15) is 13.2 Å². The summed E-state index contributed by atoms with van der Waals surface area (Å²) in [4.78, 5) is 45.9. The standard InChI is InChI=1S/C24H25F3N4O3S/c1-3-17-9-4-5-10-31(17)23(34)20-14(2)19-21(35-20)28-13-30(22(19)33)12-18(32)29-16-8-6-7-15(11-16)24(25,26)27/h6-8,11,13,17H,3-5,9-10,12H2,1-2H3,(H,29,32). The lowest BCUT2D eigenvalue weighted by molar-refractivity contribution is -0.137. The van der Waals surface area contributed by atoms with Crippen LogP contribution in [0.25, 0.3) is 10.2 Å². The number of hydrogen-bond acceptors (Lipinski definition) is 5. The Bertz CT molecular complexity index is 1330. The van der Waals surface area contributed by atoms with Gasteiger partial charge in [0, 0.05) is 18.3 Å². The van der Waals surface area contributed by atoms with E-state index < -0.39 is 29.8 Å². The molecule has 1 unspecified atom stereocenters. The van der Waals surface area contributed by atoms with E-state index in [1.165, 1.54) is 18.5 Å². The summed E-state index contributed by atoms with van der Waals surface area (Å²) in [6, 6.07) is 4.43. The van der Waals surface area contributed by atoms with Crippen LogP contribution >= 0.6 is 11.3 Å². The van der Waals surface area contributed by atoms with Gasteiger partial charge in [0.05, 0.1) is 22.2 Å². The molecule has 4 rings (SSSR count). The number of piperidine rings is 1. The zero-order valence-corrected chi connectivity index (χ0v) is 20.1. The van der Waals surface area contributed by atoms with Crippen LogP contribution in [0.3, 0.4) is 0 Å². The second-order valence-electron chi connectivity index (χ2n) is 8.60. The molecule has 35 heavy (non-hydrogen) atoms. The summed E-state index contributed by atoms with van der Waals surface area (Å²) in [5.41, 5.74) is -0.868. The molecule has 1 aromatic carbocycles. The number of carbonyl (C=O) groups excluding carboxylic acids is 2. The highest BCUT2D eigenvalue weighted by Crippen LogP contribution is 2.32. The third-order valence-electron chi connectivity index (χ3n) is 6.26. The van der Waals surface area contributed by atoms with Gasteiger partial charge >= 0.3 is 6.18 Å². The van der Waals surface area contributed by atoms with E-state index in [9.17, 15) is 27.6 Å². The van der Waals surface area contributed by atoms with Crippen molar-refractivity contribution in [2.45, 2.75) is 58.3 Å². The number of anilines is 1. The minimum Gasteiger partial charge on any atom is -0.335 e. The predicted octanol–water partition coefficient (Wildman–Crippen LogP) is 4.83. The van der Waals surface area contributed by atoms with Gasteiger partial charge in [-0.25, -0.2) is 4.98 Å². The topological polar surface area (TPSA) is 84.3 Å². The first kappa shape index (κ1) is 24.9. The molecule has 0 spiro atoms. The number of rotatable bonds is 5. The summed E-state index contributed by atoms with van der Waals surface area (Å²) in [6.45, 7) is 4.00. The molecule has 1 N–H and O–H groups in total. The molecule has 1 saturated heterocycles. The normalized spacial score (nSPS) is 16.5. The van der Waals surface area contributed by atoms with Crippen molar-refractivity contribution >= 4 is 39.1 Å². The van der Waals surface area contributed by atoms with Crippen LogP contribution in [0.1, 0.15) is 53.4 Å². The summed E-state index contributed by atoms with van der Waals surface area (Å²) in [6.07, 6.45) is 0.528. The van der Waals surface area contributed by atoms with Gasteiger partial charge in [-0.15, -0.1) is 11.3 Å². The molecule has 1 atom stereocenters. The predicted molar refractivity (Wildman–Crippen MR) is 128 cm³/mol. The highest BCUT2D eigenvalue weighted by atomic mass is 32.1. The lowest BCUT2D eigenvalue weighted by atomic mass is 9.99. The molecule has 11 heteroatoms. The Labute approximate surface area is 203 Å². The minimum absolute atomic E-state index is 0.0292. The Morgan fingerprint density at radius 1 is 1.26 bits per heavy atom. The number of likely N-dealkylation sites (tertiary alicyclic amines) is 1. The quantitative estimate of drug-likeness (QED) is 0.537. The summed E-state index contributed by atoms with van der Waals surface area (Å²) in [7, 11) is 0. The highest BCUT2D eigenvalue weighted by molar-refractivity contribution is 7.20. The second kappa shape index (κ2) is 9.80. The van der Waals surface area contributed by atoms with Crippen molar-refractivity contribution in [2.24, 2.45) is 0 Å². The van der Waals surface area contributed by atoms with Gasteiger partial charge in [-0.1, -0.05) is 13.0 Å². The van der Waals surface area contributed by atoms with Crippen LogP contribution < -0.4 is 10.9 Å². The van der Waals surface area contributed by atoms with Crippen LogP contribution in [0, 0.1) is 6.92 Å². The van der Waals surface area contributed by atoms with Gasteiger partial charge in [0.2, 0.25) is 5.91 Å². The molecular weight excluding hydrogens is 481 g/mol. The van der Waals surface area contributed by atoms with E-state index in [0.29, 0.717) is 21.8 Å². The van der Waals surface area contributed by atoms with Crippen molar-refractivity contribution in [3.05, 3.63) is 57.0 Å². The van der Waals surface area contributed by atoms with Crippen molar-refractivity contribution in [1.29, 1.82) is 0 Å². The smallest absolute Gasteiger partial charge is 0.335 e. The first-order valence-corrected chi connectivity index (χ1v) is 12.2. The molecular formula is C24H25F3N4O3S. The van der Waals surface area contributed by atoms with Crippen molar-refractivity contribution in [2.75, 3.05) is 11.9 Å². The fraction of sp³-hybridized carbons (Fsp3) is 0.417. The number of amides is 2. The molecule has 3 aromatic rings. The Balaban J connectivity index is 1.57. The number of thiophene rings is 1. The number of fused-ring (bicyclic) bond motifs is 1. The average Bonchev–Trinajstić information content (AvgIpc) is 3.17. The minimum atomic E-state index is -4.54. The number of aromatic nitrogens is 2. The van der Waals surface area contributed by atoms with Crippen molar-refractivity contribution in [3.8, 4) is 0 Å². The fourth-order valence-corrected chi connectivity index (χ4v) is 5.52. The van der Waals surface area contributed by atoms with Crippen molar-refractivity contribution in [1.82, 2.24) is 14.5 Å². The Morgan fingerprint density at radius 3 is 2.74 bits per heavy atom. The monoisotopic (exact) mass is 506 g/mol. The highest BCUT2D eigenvalue weighted by Gasteiger charge is 2.31. The summed E-state index contributed by atoms with van der Waals surface area (Å²) < 4.78 is 39.8. The van der Waals surface area contributed by atoms with Crippen LogP contribution in [-0.4, -0.2) is 38.9 Å². The van der Waals surface area contributed by atoms with Gasteiger partial charge in [-0.3, -0.25) is 19.0 Å². The van der Waals surface area contributed by atoms with Gasteiger partial charge in [0.15, 0.2) is 0 Å². The number of nitrogens with one attached hydrogen (secondary N) is 1. The number of benzene rings is 1. The Morgan fingerprint density at radius 2 is 2.03 bits per heavy atom. The molecule has 0 saturated carbocycles. The summed E-state index contributed by atoms with van der Waals surface area (Å²) in [5, 5.41) is 2.66. The molecule has 2 amide bonds. The fourth-order valence-electron chi connectivity index (χ4n) is 4.43. The molecule has 186 valence electrons. The van der Waals surface area contributed by atoms with Gasteiger partial charge in [-0.05, 0) is 56.4 Å². The number of carbonyl (C=O) groups is 2. The van der Waals surface area contributed by atoms with E-state index in [1.54, 1.807) is 6.92 Å². The van der Waals surface area contributed by atoms with Gasteiger partial charge in [0.25, 0.3) is 11.5 Å². The van der Waals surface area contributed by atoms with Crippen molar-refractivity contribution < 1.29 is 22.8 Å². The molecule has 1 fully saturated rings. The van der Waals surface area contributed by atoms with E-state index in [1.807, 2.05) is 4.90 Å². The third kappa shape index (κ3) is 5.09. The van der Waals surface area contributed by atoms with Gasteiger partial charge < -0.3 is 10.2 Å². The average molecular weight is 507 g/mol. The molecule has 2 aromatic heterocycles. The molecule has 0 radical (unpaired) electrons. The number of halogens is 3. The molecule has 0 aliphatic carbocycles. The number of alkyl halides is 3. The molecule has 1 aliphatic heterocycles. The molecule has 3 heterocycles. The number of aryl methyl sites for hydroxylation is 1. The lowest BCUT2D eigenvalue weighted by Crippen LogP contribution is -2.43. The van der Waals surface area contributed by atoms with E-state index in [2.05, 4.69) is 17.2 Å². The van der Waals surface area contributed by atoms with Crippen LogP contribution in [0.15, 0.2) is 35.4 Å². The third-order valence-corrected chi connectivity index (χ3v) is 7.45. The Kier molecular flexibility index (Phi) is 6.98.